The Morgan fingerprint density at radius 3 is 2.40 bits per heavy atom. The van der Waals surface area contributed by atoms with E-state index in [-0.39, 0.29) is 29.6 Å². The zero-order valence-corrected chi connectivity index (χ0v) is 20.9. The number of amides is 2. The Hall–Kier alpha value is -3.52. The number of Topliss-reactive ketones (excluding diaryl/α,β-unsaturated/α-hetero) is 1. The minimum absolute atomic E-state index is 0.0166. The Morgan fingerprint density at radius 1 is 1.06 bits per heavy atom. The predicted octanol–water partition coefficient (Wildman–Crippen LogP) is 5.41. The molecule has 2 aromatic carbocycles. The molecule has 0 bridgehead atoms. The number of likely N-dealkylation sites (tertiary alicyclic amines) is 1. The summed E-state index contributed by atoms with van der Waals surface area (Å²) in [6.07, 6.45) is 1.67. The van der Waals surface area contributed by atoms with Crippen molar-refractivity contribution in [3.63, 3.8) is 0 Å². The van der Waals surface area contributed by atoms with Gasteiger partial charge in [-0.1, -0.05) is 12.1 Å². The molecule has 0 aliphatic carbocycles. The second-order valence-corrected chi connectivity index (χ2v) is 9.77. The SMILES string of the molecule is CC(=O)c1ccccc1NC(=O)c1csc(C2CCN(C(=O)c3ccc(OC(C)C)cc3)CC2)n1. The maximum atomic E-state index is 12.9. The largest absolute Gasteiger partial charge is 0.491 e. The molecule has 182 valence electrons. The number of carbonyl (C=O) groups is 3. The number of piperidine rings is 1. The van der Waals surface area contributed by atoms with E-state index in [2.05, 4.69) is 10.3 Å². The number of anilines is 1. The zero-order valence-electron chi connectivity index (χ0n) is 20.1. The summed E-state index contributed by atoms with van der Waals surface area (Å²) in [4.78, 5) is 43.9. The second kappa shape index (κ2) is 10.8. The summed E-state index contributed by atoms with van der Waals surface area (Å²) in [5, 5.41) is 5.45. The molecule has 2 heterocycles. The fraction of sp³-hybridized carbons (Fsp3) is 0.333. The predicted molar refractivity (Wildman–Crippen MR) is 137 cm³/mol. The number of nitrogens with one attached hydrogen (secondary N) is 1. The number of para-hydroxylation sites is 1. The average Bonchev–Trinajstić information content (AvgIpc) is 3.35. The lowest BCUT2D eigenvalue weighted by Crippen LogP contribution is -2.37. The molecule has 3 aromatic rings. The summed E-state index contributed by atoms with van der Waals surface area (Å²) in [6, 6.07) is 14.2. The van der Waals surface area contributed by atoms with Crippen LogP contribution in [0.15, 0.2) is 53.9 Å². The van der Waals surface area contributed by atoms with Crippen LogP contribution in [0, 0.1) is 0 Å². The molecule has 1 aliphatic heterocycles. The van der Waals surface area contributed by atoms with E-state index < -0.39 is 0 Å². The molecule has 0 spiro atoms. The van der Waals surface area contributed by atoms with Gasteiger partial charge in [0.15, 0.2) is 5.78 Å². The van der Waals surface area contributed by atoms with Crippen LogP contribution in [-0.4, -0.2) is 46.7 Å². The van der Waals surface area contributed by atoms with Crippen LogP contribution in [0.4, 0.5) is 5.69 Å². The van der Waals surface area contributed by atoms with Crippen LogP contribution in [0.2, 0.25) is 0 Å². The van der Waals surface area contributed by atoms with Crippen LogP contribution in [0.25, 0.3) is 0 Å². The van der Waals surface area contributed by atoms with Gasteiger partial charge in [-0.3, -0.25) is 14.4 Å². The van der Waals surface area contributed by atoms with Crippen LogP contribution in [0.1, 0.15) is 75.7 Å². The Bertz CT molecular complexity index is 1210. The summed E-state index contributed by atoms with van der Waals surface area (Å²) < 4.78 is 5.65. The normalized spacial score (nSPS) is 14.1. The van der Waals surface area contributed by atoms with Gasteiger partial charge in [0.25, 0.3) is 11.8 Å². The molecule has 1 fully saturated rings. The maximum Gasteiger partial charge on any atom is 0.275 e. The smallest absolute Gasteiger partial charge is 0.275 e. The average molecular weight is 492 g/mol. The molecule has 8 heteroatoms. The van der Waals surface area contributed by atoms with Gasteiger partial charge in [-0.15, -0.1) is 11.3 Å². The lowest BCUT2D eigenvalue weighted by molar-refractivity contribution is 0.0712. The van der Waals surface area contributed by atoms with Crippen LogP contribution >= 0.6 is 11.3 Å². The topological polar surface area (TPSA) is 88.6 Å². The number of hydrogen-bond donors (Lipinski definition) is 1. The van der Waals surface area contributed by atoms with Crippen molar-refractivity contribution in [1.29, 1.82) is 0 Å². The number of carbonyl (C=O) groups excluding carboxylic acids is 3. The highest BCUT2D eigenvalue weighted by molar-refractivity contribution is 7.10. The van der Waals surface area contributed by atoms with Crippen molar-refractivity contribution in [2.75, 3.05) is 18.4 Å². The fourth-order valence-corrected chi connectivity index (χ4v) is 5.10. The van der Waals surface area contributed by atoms with Gasteiger partial charge in [0.1, 0.15) is 11.4 Å². The molecular weight excluding hydrogens is 462 g/mol. The Kier molecular flexibility index (Phi) is 7.60. The first kappa shape index (κ1) is 24.6. The third kappa shape index (κ3) is 5.95. The molecule has 7 nitrogen and oxygen atoms in total. The zero-order chi connectivity index (χ0) is 24.9. The van der Waals surface area contributed by atoms with E-state index in [4.69, 9.17) is 4.74 Å². The highest BCUT2D eigenvalue weighted by atomic mass is 32.1. The number of thiazole rings is 1. The van der Waals surface area contributed by atoms with E-state index in [1.54, 1.807) is 29.6 Å². The van der Waals surface area contributed by atoms with Crippen LogP contribution in [0.3, 0.4) is 0 Å². The molecule has 1 N–H and O–H groups in total. The molecule has 0 saturated carbocycles. The fourth-order valence-electron chi connectivity index (χ4n) is 4.13. The Balaban J connectivity index is 1.34. The van der Waals surface area contributed by atoms with Crippen LogP contribution < -0.4 is 10.1 Å². The first-order chi connectivity index (χ1) is 16.8. The second-order valence-electron chi connectivity index (χ2n) is 8.88. The van der Waals surface area contributed by atoms with Crippen molar-refractivity contribution in [1.82, 2.24) is 9.88 Å². The van der Waals surface area contributed by atoms with Gasteiger partial charge in [-0.25, -0.2) is 4.98 Å². The van der Waals surface area contributed by atoms with Crippen molar-refractivity contribution < 1.29 is 19.1 Å². The molecule has 0 unspecified atom stereocenters. The van der Waals surface area contributed by atoms with Gasteiger partial charge in [-0.2, -0.15) is 0 Å². The summed E-state index contributed by atoms with van der Waals surface area (Å²) in [6.45, 7) is 6.68. The first-order valence-corrected chi connectivity index (χ1v) is 12.6. The van der Waals surface area contributed by atoms with Crippen LogP contribution in [-0.2, 0) is 0 Å². The molecule has 1 aliphatic rings. The van der Waals surface area contributed by atoms with E-state index in [0.29, 0.717) is 35.6 Å². The maximum absolute atomic E-state index is 12.9. The minimum atomic E-state index is -0.335. The number of benzene rings is 2. The van der Waals surface area contributed by atoms with E-state index in [0.717, 1.165) is 23.6 Å². The van der Waals surface area contributed by atoms with Gasteiger partial charge < -0.3 is 15.0 Å². The third-order valence-corrected chi connectivity index (χ3v) is 6.92. The van der Waals surface area contributed by atoms with E-state index in [1.807, 2.05) is 43.0 Å². The quantitative estimate of drug-likeness (QED) is 0.447. The molecule has 0 atom stereocenters. The number of hydrogen-bond acceptors (Lipinski definition) is 6. The lowest BCUT2D eigenvalue weighted by atomic mass is 9.97. The van der Waals surface area contributed by atoms with Crippen molar-refractivity contribution in [3.05, 3.63) is 75.7 Å². The van der Waals surface area contributed by atoms with Gasteiger partial charge >= 0.3 is 0 Å². The monoisotopic (exact) mass is 491 g/mol. The lowest BCUT2D eigenvalue weighted by Gasteiger charge is -2.31. The number of aromatic nitrogens is 1. The number of ether oxygens (including phenoxy) is 1. The highest BCUT2D eigenvalue weighted by Gasteiger charge is 2.27. The van der Waals surface area contributed by atoms with Crippen molar-refractivity contribution >= 4 is 34.6 Å². The number of ketones is 1. The summed E-state index contributed by atoms with van der Waals surface area (Å²) in [5.41, 5.74) is 1.94. The molecular formula is C27H29N3O4S. The van der Waals surface area contributed by atoms with Gasteiger partial charge in [0.2, 0.25) is 0 Å². The van der Waals surface area contributed by atoms with Crippen LogP contribution in [0.5, 0.6) is 5.75 Å². The van der Waals surface area contributed by atoms with Crippen molar-refractivity contribution in [2.24, 2.45) is 0 Å². The van der Waals surface area contributed by atoms with Gasteiger partial charge in [0.05, 0.1) is 16.8 Å². The summed E-state index contributed by atoms with van der Waals surface area (Å²) in [5.74, 6) is 0.531. The van der Waals surface area contributed by atoms with Gasteiger partial charge in [0, 0.05) is 35.5 Å². The van der Waals surface area contributed by atoms with E-state index >= 15 is 0 Å². The van der Waals surface area contributed by atoms with Crippen molar-refractivity contribution in [3.8, 4) is 5.75 Å². The molecule has 4 rings (SSSR count). The third-order valence-electron chi connectivity index (χ3n) is 5.91. The van der Waals surface area contributed by atoms with E-state index in [9.17, 15) is 14.4 Å². The van der Waals surface area contributed by atoms with Gasteiger partial charge in [-0.05, 0) is 70.0 Å². The van der Waals surface area contributed by atoms with Crippen molar-refractivity contribution in [2.45, 2.75) is 45.6 Å². The molecule has 2 amide bonds. The Labute approximate surface area is 209 Å². The van der Waals surface area contributed by atoms with E-state index in [1.165, 1.54) is 18.3 Å². The summed E-state index contributed by atoms with van der Waals surface area (Å²) in [7, 11) is 0. The first-order valence-electron chi connectivity index (χ1n) is 11.7. The highest BCUT2D eigenvalue weighted by Crippen LogP contribution is 2.31. The minimum Gasteiger partial charge on any atom is -0.491 e. The Morgan fingerprint density at radius 2 is 1.74 bits per heavy atom. The standard InChI is InChI=1S/C27H29N3O4S/c1-17(2)34-21-10-8-20(9-11-21)27(33)30-14-12-19(13-15-30)26-29-24(16-35-26)25(32)28-23-7-5-4-6-22(23)18(3)31/h4-11,16-17,19H,12-15H2,1-3H3,(H,28,32). The molecule has 0 radical (unpaired) electrons. The molecule has 35 heavy (non-hydrogen) atoms. The number of nitrogens with zero attached hydrogens (tertiary/aromatic N) is 2. The number of rotatable bonds is 7. The molecule has 1 saturated heterocycles. The summed E-state index contributed by atoms with van der Waals surface area (Å²) >= 11 is 1.46. The molecule has 1 aromatic heterocycles.